The van der Waals surface area contributed by atoms with Crippen molar-refractivity contribution in [3.8, 4) is 0 Å². The van der Waals surface area contributed by atoms with E-state index in [1.807, 2.05) is 0 Å². The molecule has 0 aliphatic rings. The van der Waals surface area contributed by atoms with Gasteiger partial charge in [0.1, 0.15) is 15.6 Å². The lowest BCUT2D eigenvalue weighted by Gasteiger charge is -2.08. The standard InChI is InChI=1S/C11H9BrN2O4S2/c1-6-4-9(13-5-7(6)12)14-20(17,18)8-2-3-19-10(8)11(15)16/h2-5H,1H3,(H,13,14)(H,15,16). The first-order chi connectivity index (χ1) is 9.31. The summed E-state index contributed by atoms with van der Waals surface area (Å²) in [5.74, 6) is -1.14. The summed E-state index contributed by atoms with van der Waals surface area (Å²) >= 11 is 4.12. The van der Waals surface area contributed by atoms with E-state index in [0.717, 1.165) is 21.4 Å². The monoisotopic (exact) mass is 376 g/mol. The number of hydrogen-bond acceptors (Lipinski definition) is 5. The number of aromatic nitrogens is 1. The van der Waals surface area contributed by atoms with Gasteiger partial charge in [0.05, 0.1) is 0 Å². The van der Waals surface area contributed by atoms with Crippen molar-refractivity contribution in [2.24, 2.45) is 0 Å². The number of aryl methyl sites for hydroxylation is 1. The zero-order valence-corrected chi connectivity index (χ0v) is 13.3. The van der Waals surface area contributed by atoms with Crippen molar-refractivity contribution >= 4 is 49.1 Å². The third-order valence-corrected chi connectivity index (χ3v) is 5.66. The van der Waals surface area contributed by atoms with Crippen LogP contribution in [0.5, 0.6) is 0 Å². The number of carboxylic acid groups (broad SMARTS) is 1. The van der Waals surface area contributed by atoms with Crippen molar-refractivity contribution in [2.75, 3.05) is 4.72 Å². The third-order valence-electron chi connectivity index (χ3n) is 2.40. The van der Waals surface area contributed by atoms with Gasteiger partial charge in [-0.2, -0.15) is 0 Å². The second kappa shape index (κ2) is 5.51. The van der Waals surface area contributed by atoms with Gasteiger partial charge >= 0.3 is 5.97 Å². The molecule has 0 bridgehead atoms. The molecule has 2 heterocycles. The van der Waals surface area contributed by atoms with Crippen LogP contribution in [0, 0.1) is 6.92 Å². The number of hydrogen-bond donors (Lipinski definition) is 2. The minimum atomic E-state index is -3.97. The number of thiophene rings is 1. The number of pyridine rings is 1. The molecule has 2 N–H and O–H groups in total. The van der Waals surface area contributed by atoms with Crippen molar-refractivity contribution in [1.29, 1.82) is 0 Å². The SMILES string of the molecule is Cc1cc(NS(=O)(=O)c2ccsc2C(=O)O)ncc1Br. The molecule has 0 fully saturated rings. The van der Waals surface area contributed by atoms with E-state index in [-0.39, 0.29) is 15.6 Å². The number of nitrogens with zero attached hydrogens (tertiary/aromatic N) is 1. The van der Waals surface area contributed by atoms with Crippen LogP contribution < -0.4 is 4.72 Å². The van der Waals surface area contributed by atoms with Gasteiger partial charge in [-0.1, -0.05) is 0 Å². The van der Waals surface area contributed by atoms with Crippen molar-refractivity contribution in [2.45, 2.75) is 11.8 Å². The first-order valence-corrected chi connectivity index (χ1v) is 8.42. The molecule has 2 rings (SSSR count). The van der Waals surface area contributed by atoms with Crippen LogP contribution in [-0.4, -0.2) is 24.5 Å². The molecule has 0 atom stereocenters. The summed E-state index contributed by atoms with van der Waals surface area (Å²) in [5, 5.41) is 10.4. The Hall–Kier alpha value is -1.45. The number of rotatable bonds is 4. The summed E-state index contributed by atoms with van der Waals surface area (Å²) in [4.78, 5) is 14.4. The highest BCUT2D eigenvalue weighted by atomic mass is 79.9. The van der Waals surface area contributed by atoms with Gasteiger partial charge in [-0.3, -0.25) is 4.72 Å². The maximum atomic E-state index is 12.2. The van der Waals surface area contributed by atoms with Gasteiger partial charge in [0.2, 0.25) is 0 Å². The largest absolute Gasteiger partial charge is 0.477 e. The highest BCUT2D eigenvalue weighted by Gasteiger charge is 2.24. The highest BCUT2D eigenvalue weighted by Crippen LogP contribution is 2.25. The second-order valence-electron chi connectivity index (χ2n) is 3.84. The second-order valence-corrected chi connectivity index (χ2v) is 7.26. The Balaban J connectivity index is 2.38. The minimum absolute atomic E-state index is 0.133. The molecule has 2 aromatic rings. The Bertz CT molecular complexity index is 770. The number of carbonyl (C=O) groups is 1. The summed E-state index contributed by atoms with van der Waals surface area (Å²) in [7, 11) is -3.97. The van der Waals surface area contributed by atoms with E-state index in [1.165, 1.54) is 17.6 Å². The number of anilines is 1. The van der Waals surface area contributed by atoms with E-state index in [1.54, 1.807) is 13.0 Å². The third kappa shape index (κ3) is 3.00. The Kier molecular flexibility index (Phi) is 4.11. The summed E-state index contributed by atoms with van der Waals surface area (Å²) in [6, 6.07) is 2.80. The van der Waals surface area contributed by atoms with Crippen molar-refractivity contribution in [1.82, 2.24) is 4.98 Å². The topological polar surface area (TPSA) is 96.4 Å². The first-order valence-electron chi connectivity index (χ1n) is 5.27. The Labute approximate surface area is 127 Å². The molecule has 0 radical (unpaired) electrons. The Morgan fingerprint density at radius 2 is 2.20 bits per heavy atom. The van der Waals surface area contributed by atoms with Gasteiger partial charge in [0.15, 0.2) is 0 Å². The van der Waals surface area contributed by atoms with Gasteiger partial charge in [-0.15, -0.1) is 11.3 Å². The highest BCUT2D eigenvalue weighted by molar-refractivity contribution is 9.10. The molecule has 0 spiro atoms. The van der Waals surface area contributed by atoms with Gasteiger partial charge in [-0.05, 0) is 45.9 Å². The van der Waals surface area contributed by atoms with E-state index in [9.17, 15) is 13.2 Å². The van der Waals surface area contributed by atoms with E-state index in [0.29, 0.717) is 0 Å². The lowest BCUT2D eigenvalue weighted by molar-refractivity contribution is 0.0698. The summed E-state index contributed by atoms with van der Waals surface area (Å²) < 4.78 is 27.3. The zero-order valence-electron chi connectivity index (χ0n) is 10.1. The lowest BCUT2D eigenvalue weighted by Crippen LogP contribution is -2.16. The van der Waals surface area contributed by atoms with Crippen LogP contribution in [0.2, 0.25) is 0 Å². The molecule has 0 saturated heterocycles. The van der Waals surface area contributed by atoms with Gasteiger partial charge in [-0.25, -0.2) is 18.2 Å². The number of aromatic carboxylic acids is 1. The average molecular weight is 377 g/mol. The normalized spacial score (nSPS) is 11.3. The molecule has 20 heavy (non-hydrogen) atoms. The molecular weight excluding hydrogens is 368 g/mol. The molecule has 0 aromatic carbocycles. The van der Waals surface area contributed by atoms with Gasteiger partial charge in [0.25, 0.3) is 10.0 Å². The summed E-state index contributed by atoms with van der Waals surface area (Å²) in [6.45, 7) is 1.79. The molecule has 2 aromatic heterocycles. The number of sulfonamides is 1. The van der Waals surface area contributed by atoms with Crippen LogP contribution in [0.15, 0.2) is 33.1 Å². The summed E-state index contributed by atoms with van der Waals surface area (Å²) in [5.41, 5.74) is 0.807. The van der Waals surface area contributed by atoms with Crippen LogP contribution in [0.3, 0.4) is 0 Å². The predicted octanol–water partition coefficient (Wildman–Crippen LogP) is 2.71. The minimum Gasteiger partial charge on any atom is -0.477 e. The molecule has 0 amide bonds. The fraction of sp³-hybridized carbons (Fsp3) is 0.0909. The van der Waals surface area contributed by atoms with E-state index in [2.05, 4.69) is 25.6 Å². The average Bonchev–Trinajstić information content (AvgIpc) is 2.83. The maximum absolute atomic E-state index is 12.2. The lowest BCUT2D eigenvalue weighted by atomic mass is 10.3. The van der Waals surface area contributed by atoms with Gasteiger partial charge in [0, 0.05) is 10.7 Å². The molecule has 0 saturated carbocycles. The number of carboxylic acids is 1. The fourth-order valence-corrected chi connectivity index (χ4v) is 3.93. The van der Waals surface area contributed by atoms with E-state index < -0.39 is 16.0 Å². The number of halogens is 1. The summed E-state index contributed by atoms with van der Waals surface area (Å²) in [6.07, 6.45) is 1.47. The molecule has 106 valence electrons. The maximum Gasteiger partial charge on any atom is 0.347 e. The molecule has 9 heteroatoms. The molecule has 6 nitrogen and oxygen atoms in total. The molecular formula is C11H9BrN2O4S2. The first kappa shape index (κ1) is 14.9. The van der Waals surface area contributed by atoms with E-state index >= 15 is 0 Å². The predicted molar refractivity (Wildman–Crippen MR) is 78.8 cm³/mol. The van der Waals surface area contributed by atoms with Crippen LogP contribution >= 0.6 is 27.3 Å². The van der Waals surface area contributed by atoms with Crippen molar-refractivity contribution < 1.29 is 18.3 Å². The Morgan fingerprint density at radius 3 is 2.80 bits per heavy atom. The van der Waals surface area contributed by atoms with Crippen LogP contribution in [0.25, 0.3) is 0 Å². The van der Waals surface area contributed by atoms with Crippen LogP contribution in [0.1, 0.15) is 15.2 Å². The Morgan fingerprint density at radius 1 is 1.50 bits per heavy atom. The quantitative estimate of drug-likeness (QED) is 0.854. The van der Waals surface area contributed by atoms with Crippen LogP contribution in [-0.2, 0) is 10.0 Å². The van der Waals surface area contributed by atoms with Crippen molar-refractivity contribution in [3.05, 3.63) is 38.6 Å². The van der Waals surface area contributed by atoms with E-state index in [4.69, 9.17) is 5.11 Å². The zero-order chi connectivity index (χ0) is 14.9. The van der Waals surface area contributed by atoms with Crippen LogP contribution in [0.4, 0.5) is 5.82 Å². The fourth-order valence-electron chi connectivity index (χ4n) is 1.45. The van der Waals surface area contributed by atoms with Gasteiger partial charge < -0.3 is 5.11 Å². The molecule has 0 aliphatic heterocycles. The molecule has 0 aliphatic carbocycles. The number of nitrogens with one attached hydrogen (secondary N) is 1. The van der Waals surface area contributed by atoms with Crippen molar-refractivity contribution in [3.63, 3.8) is 0 Å². The smallest absolute Gasteiger partial charge is 0.347 e. The molecule has 0 unspecified atom stereocenters.